The SMILES string of the molecule is COC(=O)c1nnn(CC(C)C)c1N. The van der Waals surface area contributed by atoms with Crippen molar-refractivity contribution >= 4 is 11.8 Å². The summed E-state index contributed by atoms with van der Waals surface area (Å²) < 4.78 is 6.00. The van der Waals surface area contributed by atoms with Crippen LogP contribution in [0.25, 0.3) is 0 Å². The molecule has 0 aliphatic carbocycles. The van der Waals surface area contributed by atoms with E-state index in [4.69, 9.17) is 5.73 Å². The van der Waals surface area contributed by atoms with E-state index in [1.165, 1.54) is 11.8 Å². The Morgan fingerprint density at radius 1 is 1.64 bits per heavy atom. The maximum atomic E-state index is 11.1. The average Bonchev–Trinajstić information content (AvgIpc) is 2.46. The molecule has 0 unspecified atom stereocenters. The first kappa shape index (κ1) is 10.5. The number of nitrogens with two attached hydrogens (primary N) is 1. The molecule has 0 radical (unpaired) electrons. The molecule has 1 heterocycles. The molecule has 0 spiro atoms. The van der Waals surface area contributed by atoms with Gasteiger partial charge >= 0.3 is 5.97 Å². The molecule has 78 valence electrons. The fraction of sp³-hybridized carbons (Fsp3) is 0.625. The minimum Gasteiger partial charge on any atom is -0.464 e. The zero-order chi connectivity index (χ0) is 10.7. The number of nitrogens with zero attached hydrogens (tertiary/aromatic N) is 3. The third-order valence-electron chi connectivity index (χ3n) is 1.69. The number of nitrogen functional groups attached to an aromatic ring is 1. The minimum absolute atomic E-state index is 0.0770. The highest BCUT2D eigenvalue weighted by Gasteiger charge is 2.17. The summed E-state index contributed by atoms with van der Waals surface area (Å²) in [7, 11) is 1.28. The van der Waals surface area contributed by atoms with Gasteiger partial charge < -0.3 is 10.5 Å². The van der Waals surface area contributed by atoms with Gasteiger partial charge in [0, 0.05) is 6.54 Å². The van der Waals surface area contributed by atoms with Crippen molar-refractivity contribution in [3.05, 3.63) is 5.69 Å². The first-order valence-electron chi connectivity index (χ1n) is 4.33. The number of methoxy groups -OCH3 is 1. The Hall–Kier alpha value is -1.59. The molecule has 0 fully saturated rings. The Bertz CT molecular complexity index is 332. The molecule has 1 aromatic heterocycles. The maximum absolute atomic E-state index is 11.1. The largest absolute Gasteiger partial charge is 0.464 e. The lowest BCUT2D eigenvalue weighted by Gasteiger charge is -2.05. The van der Waals surface area contributed by atoms with E-state index in [1.807, 2.05) is 13.8 Å². The lowest BCUT2D eigenvalue weighted by Crippen LogP contribution is -2.11. The zero-order valence-electron chi connectivity index (χ0n) is 8.52. The van der Waals surface area contributed by atoms with Gasteiger partial charge in [-0.3, -0.25) is 0 Å². The molecule has 2 N–H and O–H groups in total. The summed E-state index contributed by atoms with van der Waals surface area (Å²) >= 11 is 0. The number of carbonyl (C=O) groups is 1. The van der Waals surface area contributed by atoms with Gasteiger partial charge in [0.1, 0.15) is 0 Å². The van der Waals surface area contributed by atoms with E-state index in [0.717, 1.165) is 0 Å². The van der Waals surface area contributed by atoms with Crippen LogP contribution in [-0.2, 0) is 11.3 Å². The zero-order valence-corrected chi connectivity index (χ0v) is 8.52. The number of aromatic nitrogens is 3. The molecule has 0 saturated heterocycles. The highest BCUT2D eigenvalue weighted by atomic mass is 16.5. The third-order valence-corrected chi connectivity index (χ3v) is 1.69. The first-order chi connectivity index (χ1) is 6.56. The standard InChI is InChI=1S/C8H14N4O2/c1-5(2)4-12-7(9)6(10-11-12)8(13)14-3/h5H,4,9H2,1-3H3. The molecule has 6 nitrogen and oxygen atoms in total. The molecule has 0 atom stereocenters. The van der Waals surface area contributed by atoms with E-state index in [-0.39, 0.29) is 11.5 Å². The van der Waals surface area contributed by atoms with Crippen molar-refractivity contribution in [2.45, 2.75) is 20.4 Å². The summed E-state index contributed by atoms with van der Waals surface area (Å²) in [5, 5.41) is 7.42. The Morgan fingerprint density at radius 2 is 2.29 bits per heavy atom. The Kier molecular flexibility index (Phi) is 3.06. The fourth-order valence-corrected chi connectivity index (χ4v) is 1.04. The van der Waals surface area contributed by atoms with Crippen LogP contribution in [0.4, 0.5) is 5.82 Å². The lowest BCUT2D eigenvalue weighted by atomic mass is 10.2. The normalized spacial score (nSPS) is 10.6. The highest BCUT2D eigenvalue weighted by Crippen LogP contribution is 2.10. The van der Waals surface area contributed by atoms with Crippen LogP contribution in [-0.4, -0.2) is 28.1 Å². The number of carbonyl (C=O) groups excluding carboxylic acids is 1. The second-order valence-electron chi connectivity index (χ2n) is 3.39. The molecule has 0 aliphatic rings. The second kappa shape index (κ2) is 4.08. The minimum atomic E-state index is -0.558. The van der Waals surface area contributed by atoms with Gasteiger partial charge in [0.25, 0.3) is 0 Å². The van der Waals surface area contributed by atoms with E-state index < -0.39 is 5.97 Å². The van der Waals surface area contributed by atoms with Crippen molar-refractivity contribution in [1.29, 1.82) is 0 Å². The number of rotatable bonds is 3. The molecule has 0 aliphatic heterocycles. The third kappa shape index (κ3) is 2.01. The summed E-state index contributed by atoms with van der Waals surface area (Å²) in [5.41, 5.74) is 5.74. The Labute approximate surface area is 82.0 Å². The van der Waals surface area contributed by atoms with Gasteiger partial charge in [0.2, 0.25) is 5.69 Å². The summed E-state index contributed by atoms with van der Waals surface area (Å²) in [6.07, 6.45) is 0. The fourth-order valence-electron chi connectivity index (χ4n) is 1.04. The van der Waals surface area contributed by atoms with Gasteiger partial charge in [-0.25, -0.2) is 9.48 Å². The predicted molar refractivity (Wildman–Crippen MR) is 50.6 cm³/mol. The number of hydrogen-bond acceptors (Lipinski definition) is 5. The Balaban J connectivity index is 2.90. The first-order valence-corrected chi connectivity index (χ1v) is 4.33. The predicted octanol–water partition coefficient (Wildman–Crippen LogP) is 0.303. The van der Waals surface area contributed by atoms with Gasteiger partial charge in [-0.15, -0.1) is 5.10 Å². The molecule has 6 heteroatoms. The number of ether oxygens (including phenoxy) is 1. The smallest absolute Gasteiger partial charge is 0.362 e. The van der Waals surface area contributed by atoms with Crippen LogP contribution in [0.5, 0.6) is 0 Å². The maximum Gasteiger partial charge on any atom is 0.362 e. The Morgan fingerprint density at radius 3 is 2.79 bits per heavy atom. The van der Waals surface area contributed by atoms with Crippen molar-refractivity contribution in [2.24, 2.45) is 5.92 Å². The van der Waals surface area contributed by atoms with Crippen LogP contribution in [0.1, 0.15) is 24.3 Å². The van der Waals surface area contributed by atoms with E-state index in [2.05, 4.69) is 15.0 Å². The molecule has 1 aromatic rings. The van der Waals surface area contributed by atoms with Crippen LogP contribution in [0, 0.1) is 5.92 Å². The van der Waals surface area contributed by atoms with Gasteiger partial charge in [-0.2, -0.15) is 0 Å². The second-order valence-corrected chi connectivity index (χ2v) is 3.39. The van der Waals surface area contributed by atoms with Crippen molar-refractivity contribution in [3.8, 4) is 0 Å². The van der Waals surface area contributed by atoms with Crippen molar-refractivity contribution in [1.82, 2.24) is 15.0 Å². The molecule has 0 saturated carbocycles. The van der Waals surface area contributed by atoms with Crippen LogP contribution < -0.4 is 5.73 Å². The number of anilines is 1. The van der Waals surface area contributed by atoms with E-state index in [9.17, 15) is 4.79 Å². The van der Waals surface area contributed by atoms with Gasteiger partial charge in [-0.05, 0) is 5.92 Å². The van der Waals surface area contributed by atoms with E-state index >= 15 is 0 Å². The summed E-state index contributed by atoms with van der Waals surface area (Å²) in [4.78, 5) is 11.1. The quantitative estimate of drug-likeness (QED) is 0.706. The van der Waals surface area contributed by atoms with E-state index in [1.54, 1.807) is 0 Å². The van der Waals surface area contributed by atoms with Gasteiger partial charge in [0.15, 0.2) is 5.82 Å². The molecule has 0 aromatic carbocycles. The molecule has 1 rings (SSSR count). The average molecular weight is 198 g/mol. The van der Waals surface area contributed by atoms with Crippen LogP contribution in [0.2, 0.25) is 0 Å². The summed E-state index contributed by atoms with van der Waals surface area (Å²) in [6.45, 7) is 4.69. The van der Waals surface area contributed by atoms with Crippen molar-refractivity contribution in [3.63, 3.8) is 0 Å². The van der Waals surface area contributed by atoms with Crippen LogP contribution in [0.15, 0.2) is 0 Å². The summed E-state index contributed by atoms with van der Waals surface area (Å²) in [5.74, 6) is 0.0903. The van der Waals surface area contributed by atoms with E-state index in [0.29, 0.717) is 12.5 Å². The van der Waals surface area contributed by atoms with Crippen LogP contribution >= 0.6 is 0 Å². The molecular weight excluding hydrogens is 184 g/mol. The van der Waals surface area contributed by atoms with Gasteiger partial charge in [0.05, 0.1) is 7.11 Å². The summed E-state index contributed by atoms with van der Waals surface area (Å²) in [6, 6.07) is 0. The molecular formula is C8H14N4O2. The number of hydrogen-bond donors (Lipinski definition) is 1. The van der Waals surface area contributed by atoms with Gasteiger partial charge in [-0.1, -0.05) is 19.1 Å². The topological polar surface area (TPSA) is 83.0 Å². The number of esters is 1. The van der Waals surface area contributed by atoms with Crippen molar-refractivity contribution in [2.75, 3.05) is 12.8 Å². The lowest BCUT2D eigenvalue weighted by molar-refractivity contribution is 0.0595. The molecule has 0 bridgehead atoms. The van der Waals surface area contributed by atoms with Crippen LogP contribution in [0.3, 0.4) is 0 Å². The van der Waals surface area contributed by atoms with Crippen molar-refractivity contribution < 1.29 is 9.53 Å². The molecule has 14 heavy (non-hydrogen) atoms. The monoisotopic (exact) mass is 198 g/mol. The molecule has 0 amide bonds. The highest BCUT2D eigenvalue weighted by molar-refractivity contribution is 5.91.